The van der Waals surface area contributed by atoms with E-state index in [1.807, 2.05) is 13.8 Å². The van der Waals surface area contributed by atoms with Crippen LogP contribution in [-0.2, 0) is 18.7 Å². The van der Waals surface area contributed by atoms with Gasteiger partial charge >= 0.3 is 7.67 Å². The molecule has 0 aromatic rings. The summed E-state index contributed by atoms with van der Waals surface area (Å²) in [5, 5.41) is 8.93. The maximum Gasteiger partial charge on any atom is 0.347 e. The van der Waals surface area contributed by atoms with Gasteiger partial charge in [-0.25, -0.2) is 9.34 Å². The van der Waals surface area contributed by atoms with Gasteiger partial charge in [0.05, 0.1) is 5.25 Å². The fourth-order valence-corrected chi connectivity index (χ4v) is 6.96. The molecule has 2 amide bonds. The number of rotatable bonds is 5. The normalized spacial score (nSPS) is 31.1. The van der Waals surface area contributed by atoms with Crippen LogP contribution in [0.15, 0.2) is 22.4 Å². The van der Waals surface area contributed by atoms with Crippen molar-refractivity contribution in [3.8, 4) is 0 Å². The van der Waals surface area contributed by atoms with Crippen molar-refractivity contribution < 1.29 is 18.7 Å². The number of amides is 2. The van der Waals surface area contributed by atoms with Gasteiger partial charge in [0.2, 0.25) is 5.91 Å². The second-order valence-corrected chi connectivity index (χ2v) is 12.0. The van der Waals surface area contributed by atoms with Crippen molar-refractivity contribution in [1.82, 2.24) is 19.1 Å². The Balaban J connectivity index is 1.77. The molecule has 3 aliphatic rings. The van der Waals surface area contributed by atoms with E-state index in [2.05, 4.69) is 16.8 Å². The first-order valence-corrected chi connectivity index (χ1v) is 12.3. The third-order valence-corrected chi connectivity index (χ3v) is 9.55. The molecule has 0 aromatic heterocycles. The van der Waals surface area contributed by atoms with E-state index in [1.54, 1.807) is 30.5 Å². The molecule has 0 aromatic carbocycles. The summed E-state index contributed by atoms with van der Waals surface area (Å²) in [7, 11) is 1.76. The number of nitrogens with zero attached hydrogens (tertiary/aromatic N) is 6. The Morgan fingerprint density at radius 1 is 1.14 bits per heavy atom. The highest BCUT2D eigenvalue weighted by Gasteiger charge is 2.47. The molecule has 3 aliphatic heterocycles. The van der Waals surface area contributed by atoms with Gasteiger partial charge in [0.1, 0.15) is 0 Å². The van der Waals surface area contributed by atoms with E-state index in [9.17, 15) is 14.2 Å². The van der Waals surface area contributed by atoms with Crippen molar-refractivity contribution in [2.24, 2.45) is 10.2 Å². The van der Waals surface area contributed by atoms with Gasteiger partial charge in [0, 0.05) is 26.7 Å². The number of likely N-dealkylation sites (N-methyl/N-ethyl adjacent to an activating group) is 3. The van der Waals surface area contributed by atoms with Crippen molar-refractivity contribution in [2.75, 3.05) is 40.8 Å². The average Bonchev–Trinajstić information content (AvgIpc) is 3.18. The van der Waals surface area contributed by atoms with E-state index < -0.39 is 13.1 Å². The van der Waals surface area contributed by atoms with Crippen LogP contribution in [0.5, 0.6) is 0 Å². The SMILES string of the molecule is C=C(C)CN1C(=O)C(C)SC1=NN=C1SC(OP2(=O)N(C)CCN2C)C(=O)N1C. The average molecular weight is 461 g/mol. The van der Waals surface area contributed by atoms with Crippen LogP contribution in [0.3, 0.4) is 0 Å². The quantitative estimate of drug-likeness (QED) is 0.347. The number of carbonyl (C=O) groups is 2. The molecule has 0 aliphatic carbocycles. The highest BCUT2D eigenvalue weighted by molar-refractivity contribution is 8.16. The van der Waals surface area contributed by atoms with Gasteiger partial charge in [-0.2, -0.15) is 0 Å². The molecule has 0 N–H and O–H groups in total. The molecule has 3 fully saturated rings. The Hall–Kier alpha value is -1.17. The summed E-state index contributed by atoms with van der Waals surface area (Å²) in [6, 6.07) is 0. The molecule has 0 bridgehead atoms. The molecule has 2 atom stereocenters. The second-order valence-electron chi connectivity index (χ2n) is 7.11. The summed E-state index contributed by atoms with van der Waals surface area (Å²) in [6.45, 7) is 9.07. The highest BCUT2D eigenvalue weighted by atomic mass is 32.2. The van der Waals surface area contributed by atoms with Gasteiger partial charge in [-0.15, -0.1) is 10.2 Å². The standard InChI is InChI=1S/C16H25N6O4PS2/c1-10(2)9-22-12(23)11(3)28-16(22)18-17-15-21(6)13(24)14(29-15)26-27(25)19(4)7-8-20(27)5/h11,14H,1,7-9H2,2-6H3. The van der Waals surface area contributed by atoms with E-state index in [0.29, 0.717) is 30.0 Å². The first-order chi connectivity index (χ1) is 13.5. The van der Waals surface area contributed by atoms with Crippen LogP contribution in [-0.4, -0.2) is 92.8 Å². The topological polar surface area (TPSA) is 98.1 Å². The molecule has 29 heavy (non-hydrogen) atoms. The molecule has 3 saturated heterocycles. The summed E-state index contributed by atoms with van der Waals surface area (Å²) in [4.78, 5) is 27.8. The molecule has 3 heterocycles. The van der Waals surface area contributed by atoms with Crippen molar-refractivity contribution in [3.05, 3.63) is 12.2 Å². The molecule has 0 spiro atoms. The lowest BCUT2D eigenvalue weighted by atomic mass is 10.3. The summed E-state index contributed by atoms with van der Waals surface area (Å²) >= 11 is 2.37. The summed E-state index contributed by atoms with van der Waals surface area (Å²) in [5.74, 6) is -0.396. The van der Waals surface area contributed by atoms with Gasteiger partial charge in [-0.05, 0) is 39.7 Å². The minimum atomic E-state index is -3.23. The number of hydrogen-bond donors (Lipinski definition) is 0. The van der Waals surface area contributed by atoms with Crippen LogP contribution in [0.4, 0.5) is 0 Å². The van der Waals surface area contributed by atoms with E-state index in [1.165, 1.54) is 21.6 Å². The zero-order chi connectivity index (χ0) is 21.5. The number of amidine groups is 2. The number of carbonyl (C=O) groups excluding carboxylic acids is 2. The van der Waals surface area contributed by atoms with Gasteiger partial charge < -0.3 is 0 Å². The van der Waals surface area contributed by atoms with Crippen LogP contribution in [0.2, 0.25) is 0 Å². The molecular weight excluding hydrogens is 435 g/mol. The van der Waals surface area contributed by atoms with Gasteiger partial charge in [-0.3, -0.25) is 28.5 Å². The minimum absolute atomic E-state index is 0.0490. The fraction of sp³-hybridized carbons (Fsp3) is 0.625. The van der Waals surface area contributed by atoms with E-state index in [4.69, 9.17) is 4.52 Å². The van der Waals surface area contributed by atoms with E-state index in [0.717, 1.165) is 17.3 Å². The van der Waals surface area contributed by atoms with Crippen LogP contribution in [0.25, 0.3) is 0 Å². The molecular formula is C16H25N6O4PS2. The Kier molecular flexibility index (Phi) is 6.62. The molecule has 2 unspecified atom stereocenters. The number of thioether (sulfide) groups is 2. The lowest BCUT2D eigenvalue weighted by molar-refractivity contribution is -0.129. The number of hydrogen-bond acceptors (Lipinski definition) is 8. The van der Waals surface area contributed by atoms with Crippen LogP contribution in [0.1, 0.15) is 13.8 Å². The lowest BCUT2D eigenvalue weighted by Crippen LogP contribution is -2.32. The van der Waals surface area contributed by atoms with E-state index in [-0.39, 0.29) is 17.1 Å². The predicted octanol–water partition coefficient (Wildman–Crippen LogP) is 1.69. The van der Waals surface area contributed by atoms with Gasteiger partial charge in [-0.1, -0.05) is 23.9 Å². The van der Waals surface area contributed by atoms with Gasteiger partial charge in [0.15, 0.2) is 15.8 Å². The zero-order valence-corrected chi connectivity index (χ0v) is 19.6. The molecule has 0 radical (unpaired) electrons. The highest BCUT2D eigenvalue weighted by Crippen LogP contribution is 2.58. The molecule has 3 rings (SSSR count). The van der Waals surface area contributed by atoms with E-state index >= 15 is 0 Å². The minimum Gasteiger partial charge on any atom is -0.290 e. The Bertz CT molecular complexity index is 835. The predicted molar refractivity (Wildman–Crippen MR) is 117 cm³/mol. The van der Waals surface area contributed by atoms with Crippen LogP contribution >= 0.6 is 31.2 Å². The third-order valence-electron chi connectivity index (χ3n) is 4.65. The third kappa shape index (κ3) is 4.33. The monoisotopic (exact) mass is 460 g/mol. The largest absolute Gasteiger partial charge is 0.347 e. The summed E-state index contributed by atoms with van der Waals surface area (Å²) < 4.78 is 22.1. The molecule has 160 valence electrons. The van der Waals surface area contributed by atoms with Crippen molar-refractivity contribution >= 4 is 53.3 Å². The van der Waals surface area contributed by atoms with Crippen LogP contribution in [0, 0.1) is 0 Å². The Morgan fingerprint density at radius 2 is 1.72 bits per heavy atom. The van der Waals surface area contributed by atoms with Crippen LogP contribution < -0.4 is 0 Å². The van der Waals surface area contributed by atoms with Crippen molar-refractivity contribution in [1.29, 1.82) is 0 Å². The summed E-state index contributed by atoms with van der Waals surface area (Å²) in [6.07, 6.45) is 0. The summed E-state index contributed by atoms with van der Waals surface area (Å²) in [5.41, 5.74) is -0.130. The first kappa shape index (κ1) is 22.5. The molecule has 0 saturated carbocycles. The smallest absolute Gasteiger partial charge is 0.290 e. The fourth-order valence-electron chi connectivity index (χ4n) is 2.89. The second kappa shape index (κ2) is 8.52. The van der Waals surface area contributed by atoms with Crippen molar-refractivity contribution in [3.63, 3.8) is 0 Å². The molecule has 10 nitrogen and oxygen atoms in total. The zero-order valence-electron chi connectivity index (χ0n) is 17.1. The lowest BCUT2D eigenvalue weighted by Gasteiger charge is -2.25. The Labute approximate surface area is 178 Å². The Morgan fingerprint density at radius 3 is 2.31 bits per heavy atom. The first-order valence-electron chi connectivity index (χ1n) is 8.98. The maximum atomic E-state index is 13.1. The molecule has 13 heteroatoms. The van der Waals surface area contributed by atoms with Gasteiger partial charge in [0.25, 0.3) is 5.91 Å². The maximum absolute atomic E-state index is 13.1. The van der Waals surface area contributed by atoms with Crippen molar-refractivity contribution in [2.45, 2.75) is 24.5 Å².